The molecule has 84 valence electrons. The van der Waals surface area contributed by atoms with Gasteiger partial charge in [0.2, 0.25) is 0 Å². The first-order chi connectivity index (χ1) is 7.42. The van der Waals surface area contributed by atoms with E-state index in [9.17, 15) is 0 Å². The summed E-state index contributed by atoms with van der Waals surface area (Å²) in [6.45, 7) is 3.59. The monoisotopic (exact) mass is 209 g/mol. The fourth-order valence-electron chi connectivity index (χ4n) is 1.93. The first kappa shape index (κ1) is 10.6. The van der Waals surface area contributed by atoms with Crippen LogP contribution in [0.5, 0.6) is 0 Å². The van der Waals surface area contributed by atoms with E-state index in [1.807, 2.05) is 0 Å². The predicted octanol–water partition coefficient (Wildman–Crippen LogP) is 0.0528. The van der Waals surface area contributed by atoms with E-state index in [1.165, 1.54) is 12.8 Å². The van der Waals surface area contributed by atoms with Gasteiger partial charge in [0.25, 0.3) is 0 Å². The molecule has 0 aliphatic carbocycles. The van der Waals surface area contributed by atoms with E-state index in [0.29, 0.717) is 0 Å². The van der Waals surface area contributed by atoms with Crippen molar-refractivity contribution in [2.75, 3.05) is 13.1 Å². The smallest absolute Gasteiger partial charge is 0.147 e. The Morgan fingerprint density at radius 1 is 1.33 bits per heavy atom. The van der Waals surface area contributed by atoms with Crippen LogP contribution in [0.25, 0.3) is 0 Å². The Kier molecular flexibility index (Phi) is 3.69. The minimum Gasteiger partial charge on any atom is -0.330 e. The van der Waals surface area contributed by atoms with Gasteiger partial charge in [-0.1, -0.05) is 0 Å². The minimum absolute atomic E-state index is 0.741. The van der Waals surface area contributed by atoms with E-state index in [4.69, 9.17) is 5.73 Å². The lowest BCUT2D eigenvalue weighted by Crippen LogP contribution is -2.21. The highest BCUT2D eigenvalue weighted by Gasteiger charge is 2.14. The van der Waals surface area contributed by atoms with Gasteiger partial charge in [-0.3, -0.25) is 0 Å². The molecule has 0 fully saturated rings. The highest BCUT2D eigenvalue weighted by atomic mass is 15.3. The molecule has 5 nitrogen and oxygen atoms in total. The lowest BCUT2D eigenvalue weighted by atomic mass is 10.2. The van der Waals surface area contributed by atoms with Crippen molar-refractivity contribution < 1.29 is 0 Å². The highest BCUT2D eigenvalue weighted by Crippen LogP contribution is 2.13. The third kappa shape index (κ3) is 2.54. The number of aromatic nitrogens is 3. The summed E-state index contributed by atoms with van der Waals surface area (Å²) in [7, 11) is 0. The Balaban J connectivity index is 1.88. The Bertz CT molecular complexity index is 307. The van der Waals surface area contributed by atoms with Gasteiger partial charge in [-0.2, -0.15) is 0 Å². The molecule has 1 aliphatic heterocycles. The van der Waals surface area contributed by atoms with Crippen LogP contribution in [-0.2, 0) is 19.5 Å². The summed E-state index contributed by atoms with van der Waals surface area (Å²) in [5.41, 5.74) is 5.43. The fourth-order valence-corrected chi connectivity index (χ4v) is 1.93. The molecule has 2 heterocycles. The van der Waals surface area contributed by atoms with Crippen LogP contribution in [0.4, 0.5) is 0 Å². The molecule has 0 atom stereocenters. The van der Waals surface area contributed by atoms with E-state index in [1.54, 1.807) is 0 Å². The average Bonchev–Trinajstić information content (AvgIpc) is 2.68. The van der Waals surface area contributed by atoms with Crippen LogP contribution < -0.4 is 11.1 Å². The van der Waals surface area contributed by atoms with Crippen molar-refractivity contribution >= 4 is 0 Å². The van der Waals surface area contributed by atoms with E-state index >= 15 is 0 Å². The summed E-state index contributed by atoms with van der Waals surface area (Å²) in [4.78, 5) is 0. The van der Waals surface area contributed by atoms with Crippen molar-refractivity contribution in [3.63, 3.8) is 0 Å². The van der Waals surface area contributed by atoms with Gasteiger partial charge in [-0.15, -0.1) is 10.2 Å². The third-order valence-corrected chi connectivity index (χ3v) is 2.78. The normalized spacial score (nSPS) is 15.3. The molecule has 0 bridgehead atoms. The van der Waals surface area contributed by atoms with Gasteiger partial charge in [0.1, 0.15) is 11.6 Å². The molecule has 0 unspecified atom stereocenters. The third-order valence-electron chi connectivity index (χ3n) is 2.78. The number of rotatable bonds is 5. The zero-order chi connectivity index (χ0) is 10.5. The van der Waals surface area contributed by atoms with Crippen molar-refractivity contribution in [2.45, 2.75) is 38.8 Å². The molecule has 0 spiro atoms. The van der Waals surface area contributed by atoms with Gasteiger partial charge in [0.05, 0.1) is 6.54 Å². The minimum atomic E-state index is 0.741. The predicted molar refractivity (Wildman–Crippen MR) is 58.3 cm³/mol. The van der Waals surface area contributed by atoms with Crippen molar-refractivity contribution in [1.29, 1.82) is 0 Å². The molecule has 0 amide bonds. The van der Waals surface area contributed by atoms with Crippen LogP contribution in [0.2, 0.25) is 0 Å². The number of hydrogen-bond donors (Lipinski definition) is 2. The molecule has 0 radical (unpaired) electrons. The lowest BCUT2D eigenvalue weighted by molar-refractivity contribution is 0.496. The van der Waals surface area contributed by atoms with Crippen molar-refractivity contribution in [2.24, 2.45) is 5.73 Å². The average molecular weight is 209 g/mol. The standard InChI is InChI=1S/C10H19N5/c11-5-3-6-12-8-10-14-13-9-4-1-2-7-15(9)10/h12H,1-8,11H2. The Morgan fingerprint density at radius 2 is 2.27 bits per heavy atom. The van der Waals surface area contributed by atoms with E-state index in [2.05, 4.69) is 20.1 Å². The summed E-state index contributed by atoms with van der Waals surface area (Å²) in [5, 5.41) is 11.8. The number of nitrogens with zero attached hydrogens (tertiary/aromatic N) is 3. The largest absolute Gasteiger partial charge is 0.330 e. The summed E-state index contributed by atoms with van der Waals surface area (Å²) >= 11 is 0. The molecule has 3 N–H and O–H groups in total. The first-order valence-corrected chi connectivity index (χ1v) is 5.73. The zero-order valence-electron chi connectivity index (χ0n) is 9.08. The number of nitrogens with one attached hydrogen (secondary N) is 1. The quantitative estimate of drug-likeness (QED) is 0.672. The highest BCUT2D eigenvalue weighted by molar-refractivity contribution is 4.98. The van der Waals surface area contributed by atoms with Gasteiger partial charge in [-0.25, -0.2) is 0 Å². The Hall–Kier alpha value is -0.940. The van der Waals surface area contributed by atoms with Crippen LogP contribution in [0.1, 0.15) is 30.9 Å². The van der Waals surface area contributed by atoms with Gasteiger partial charge in [0, 0.05) is 13.0 Å². The molecule has 1 aromatic rings. The number of fused-ring (bicyclic) bond motifs is 1. The maximum atomic E-state index is 5.43. The molecule has 0 saturated heterocycles. The molecule has 15 heavy (non-hydrogen) atoms. The second kappa shape index (κ2) is 5.23. The van der Waals surface area contributed by atoms with Crippen LogP contribution in [0, 0.1) is 0 Å². The van der Waals surface area contributed by atoms with Crippen LogP contribution >= 0.6 is 0 Å². The van der Waals surface area contributed by atoms with Crippen molar-refractivity contribution in [3.05, 3.63) is 11.6 Å². The fraction of sp³-hybridized carbons (Fsp3) is 0.800. The number of hydrogen-bond acceptors (Lipinski definition) is 4. The molecular formula is C10H19N5. The van der Waals surface area contributed by atoms with Gasteiger partial charge >= 0.3 is 0 Å². The van der Waals surface area contributed by atoms with Crippen LogP contribution in [0.15, 0.2) is 0 Å². The van der Waals surface area contributed by atoms with Gasteiger partial charge in [0.15, 0.2) is 0 Å². The maximum Gasteiger partial charge on any atom is 0.147 e. The number of aryl methyl sites for hydroxylation is 1. The maximum absolute atomic E-state index is 5.43. The van der Waals surface area contributed by atoms with Crippen molar-refractivity contribution in [3.8, 4) is 0 Å². The molecule has 1 aromatic heterocycles. The summed E-state index contributed by atoms with van der Waals surface area (Å²) in [5.74, 6) is 2.22. The summed E-state index contributed by atoms with van der Waals surface area (Å²) in [6.07, 6.45) is 4.59. The van der Waals surface area contributed by atoms with Crippen molar-refractivity contribution in [1.82, 2.24) is 20.1 Å². The van der Waals surface area contributed by atoms with Gasteiger partial charge in [-0.05, 0) is 32.4 Å². The Labute approximate surface area is 90.1 Å². The Morgan fingerprint density at radius 3 is 3.13 bits per heavy atom. The molecular weight excluding hydrogens is 190 g/mol. The topological polar surface area (TPSA) is 68.8 Å². The molecule has 5 heteroatoms. The second-order valence-corrected chi connectivity index (χ2v) is 3.96. The molecule has 2 rings (SSSR count). The lowest BCUT2D eigenvalue weighted by Gasteiger charge is -2.14. The second-order valence-electron chi connectivity index (χ2n) is 3.96. The zero-order valence-corrected chi connectivity index (χ0v) is 9.08. The molecule has 0 aromatic carbocycles. The van der Waals surface area contributed by atoms with Crippen LogP contribution in [-0.4, -0.2) is 27.9 Å². The van der Waals surface area contributed by atoms with E-state index in [0.717, 1.165) is 50.7 Å². The van der Waals surface area contributed by atoms with E-state index < -0.39 is 0 Å². The summed E-state index contributed by atoms with van der Waals surface area (Å²) < 4.78 is 2.25. The van der Waals surface area contributed by atoms with Crippen LogP contribution in [0.3, 0.4) is 0 Å². The molecule has 1 aliphatic rings. The first-order valence-electron chi connectivity index (χ1n) is 5.73. The van der Waals surface area contributed by atoms with Gasteiger partial charge < -0.3 is 15.6 Å². The van der Waals surface area contributed by atoms with E-state index in [-0.39, 0.29) is 0 Å². The number of nitrogens with two attached hydrogens (primary N) is 1. The summed E-state index contributed by atoms with van der Waals surface area (Å²) in [6, 6.07) is 0. The molecule has 0 saturated carbocycles. The SMILES string of the molecule is NCCCNCc1nnc2n1CCCC2.